The Labute approximate surface area is 125 Å². The van der Waals surface area contributed by atoms with E-state index in [-0.39, 0.29) is 0 Å². The highest BCUT2D eigenvalue weighted by Crippen LogP contribution is 2.62. The second-order valence-electron chi connectivity index (χ2n) is 7.59. The summed E-state index contributed by atoms with van der Waals surface area (Å²) < 4.78 is 0. The third kappa shape index (κ3) is 1.61. The van der Waals surface area contributed by atoms with Crippen molar-refractivity contribution in [1.82, 2.24) is 5.32 Å². The number of anilines is 1. The minimum atomic E-state index is 0.293. The van der Waals surface area contributed by atoms with Crippen LogP contribution in [0.3, 0.4) is 0 Å². The van der Waals surface area contributed by atoms with Crippen molar-refractivity contribution in [2.45, 2.75) is 37.5 Å². The van der Waals surface area contributed by atoms with Crippen molar-refractivity contribution >= 4 is 11.6 Å². The van der Waals surface area contributed by atoms with Gasteiger partial charge < -0.3 is 10.2 Å². The lowest BCUT2D eigenvalue weighted by Gasteiger charge is -2.25. The van der Waals surface area contributed by atoms with Gasteiger partial charge in [-0.15, -0.1) is 0 Å². The molecule has 110 valence electrons. The summed E-state index contributed by atoms with van der Waals surface area (Å²) in [7, 11) is 0. The van der Waals surface area contributed by atoms with Crippen LogP contribution in [0.5, 0.6) is 0 Å². The third-order valence-electron chi connectivity index (χ3n) is 6.43. The number of carbonyl (C=O) groups excluding carboxylic acids is 1. The molecule has 3 fully saturated rings. The SMILES string of the molecule is O=C(C1CC12CCNCC2)N1CC2(CC2)c2ccccc21. The monoisotopic (exact) mass is 282 g/mol. The summed E-state index contributed by atoms with van der Waals surface area (Å²) in [6.07, 6.45) is 6.01. The zero-order valence-corrected chi connectivity index (χ0v) is 12.4. The average molecular weight is 282 g/mol. The first-order chi connectivity index (χ1) is 10.2. The van der Waals surface area contributed by atoms with Crippen molar-refractivity contribution in [1.29, 1.82) is 0 Å². The van der Waals surface area contributed by atoms with Crippen LogP contribution in [0, 0.1) is 11.3 Å². The van der Waals surface area contributed by atoms with Crippen LogP contribution in [0.4, 0.5) is 5.69 Å². The lowest BCUT2D eigenvalue weighted by molar-refractivity contribution is -0.120. The van der Waals surface area contributed by atoms with E-state index in [0.717, 1.165) is 26.1 Å². The Morgan fingerprint density at radius 3 is 2.67 bits per heavy atom. The second kappa shape index (κ2) is 3.89. The molecule has 1 aromatic carbocycles. The first-order valence-electron chi connectivity index (χ1n) is 8.36. The number of piperidine rings is 1. The van der Waals surface area contributed by atoms with Gasteiger partial charge in [-0.1, -0.05) is 18.2 Å². The molecule has 21 heavy (non-hydrogen) atoms. The smallest absolute Gasteiger partial charge is 0.230 e. The van der Waals surface area contributed by atoms with Crippen molar-refractivity contribution in [3.63, 3.8) is 0 Å². The summed E-state index contributed by atoms with van der Waals surface area (Å²) in [4.78, 5) is 15.2. The number of amides is 1. The Bertz CT molecular complexity index is 613. The predicted molar refractivity (Wildman–Crippen MR) is 82.4 cm³/mol. The zero-order chi connectivity index (χ0) is 14.1. The molecule has 0 aromatic heterocycles. The van der Waals surface area contributed by atoms with Crippen molar-refractivity contribution in [2.24, 2.45) is 11.3 Å². The molecule has 1 aromatic rings. The highest BCUT2D eigenvalue weighted by molar-refractivity contribution is 6.00. The molecule has 2 aliphatic carbocycles. The van der Waals surface area contributed by atoms with Gasteiger partial charge in [-0.05, 0) is 62.2 Å². The Hall–Kier alpha value is -1.35. The molecule has 1 unspecified atom stereocenters. The van der Waals surface area contributed by atoms with Crippen LogP contribution in [-0.2, 0) is 10.2 Å². The van der Waals surface area contributed by atoms with Crippen molar-refractivity contribution < 1.29 is 4.79 Å². The van der Waals surface area contributed by atoms with Crippen LogP contribution in [0.15, 0.2) is 24.3 Å². The molecule has 4 aliphatic rings. The summed E-state index contributed by atoms with van der Waals surface area (Å²) in [6.45, 7) is 3.12. The molecule has 2 heterocycles. The number of nitrogens with zero attached hydrogens (tertiary/aromatic N) is 1. The number of para-hydroxylation sites is 1. The van der Waals surface area contributed by atoms with Gasteiger partial charge in [0, 0.05) is 23.6 Å². The summed E-state index contributed by atoms with van der Waals surface area (Å²) in [6, 6.07) is 8.59. The lowest BCUT2D eigenvalue weighted by atomic mass is 9.91. The van der Waals surface area contributed by atoms with E-state index in [9.17, 15) is 4.79 Å². The number of fused-ring (bicyclic) bond motifs is 2. The normalized spacial score (nSPS) is 30.5. The van der Waals surface area contributed by atoms with Crippen LogP contribution < -0.4 is 10.2 Å². The highest BCUT2D eigenvalue weighted by atomic mass is 16.2. The topological polar surface area (TPSA) is 32.3 Å². The summed E-state index contributed by atoms with van der Waals surface area (Å²) in [5.74, 6) is 0.703. The fourth-order valence-electron chi connectivity index (χ4n) is 4.77. The minimum Gasteiger partial charge on any atom is -0.317 e. The molecule has 2 aliphatic heterocycles. The first kappa shape index (κ1) is 12.2. The summed E-state index contributed by atoms with van der Waals surface area (Å²) in [5, 5.41) is 3.42. The Balaban J connectivity index is 1.43. The molecule has 2 saturated carbocycles. The van der Waals surface area contributed by atoms with E-state index >= 15 is 0 Å². The number of carbonyl (C=O) groups is 1. The van der Waals surface area contributed by atoms with Crippen molar-refractivity contribution in [3.8, 4) is 0 Å². The summed E-state index contributed by atoms with van der Waals surface area (Å²) >= 11 is 0. The molecule has 5 rings (SSSR count). The molecule has 3 nitrogen and oxygen atoms in total. The van der Waals surface area contributed by atoms with E-state index in [2.05, 4.69) is 34.5 Å². The fraction of sp³-hybridized carbons (Fsp3) is 0.611. The van der Waals surface area contributed by atoms with E-state index < -0.39 is 0 Å². The summed E-state index contributed by atoms with van der Waals surface area (Å²) in [5.41, 5.74) is 3.30. The van der Waals surface area contributed by atoms with Gasteiger partial charge in [0.15, 0.2) is 0 Å². The predicted octanol–water partition coefficient (Wildman–Crippen LogP) is 2.45. The van der Waals surface area contributed by atoms with Crippen molar-refractivity contribution in [2.75, 3.05) is 24.5 Å². The number of hydrogen-bond donors (Lipinski definition) is 1. The van der Waals surface area contributed by atoms with Gasteiger partial charge in [0.05, 0.1) is 0 Å². The van der Waals surface area contributed by atoms with E-state index in [1.807, 2.05) is 0 Å². The molecular weight excluding hydrogens is 260 g/mol. The molecule has 0 bridgehead atoms. The molecule has 1 saturated heterocycles. The lowest BCUT2D eigenvalue weighted by Crippen LogP contribution is -2.36. The van der Waals surface area contributed by atoms with E-state index in [1.165, 1.54) is 36.9 Å². The molecule has 1 N–H and O–H groups in total. The van der Waals surface area contributed by atoms with Gasteiger partial charge in [-0.25, -0.2) is 0 Å². The molecule has 1 atom stereocenters. The first-order valence-corrected chi connectivity index (χ1v) is 8.36. The highest BCUT2D eigenvalue weighted by Gasteiger charge is 2.61. The molecule has 2 spiro atoms. The Kier molecular flexibility index (Phi) is 2.26. The number of hydrogen-bond acceptors (Lipinski definition) is 2. The van der Waals surface area contributed by atoms with Crippen LogP contribution >= 0.6 is 0 Å². The van der Waals surface area contributed by atoms with Gasteiger partial charge in [-0.3, -0.25) is 4.79 Å². The van der Waals surface area contributed by atoms with Crippen LogP contribution in [0.2, 0.25) is 0 Å². The second-order valence-corrected chi connectivity index (χ2v) is 7.59. The number of benzene rings is 1. The van der Waals surface area contributed by atoms with Crippen LogP contribution in [-0.4, -0.2) is 25.5 Å². The van der Waals surface area contributed by atoms with E-state index in [1.54, 1.807) is 0 Å². The standard InChI is InChI=1S/C18H22N2O/c21-16(14-11-17(14)7-9-19-10-8-17)20-12-18(5-6-18)13-3-1-2-4-15(13)20/h1-4,14,19H,5-12H2. The van der Waals surface area contributed by atoms with Gasteiger partial charge in [-0.2, -0.15) is 0 Å². The zero-order valence-electron chi connectivity index (χ0n) is 12.4. The molecular formula is C18H22N2O. The van der Waals surface area contributed by atoms with Gasteiger partial charge in [0.2, 0.25) is 5.91 Å². The maximum absolute atomic E-state index is 13.1. The maximum atomic E-state index is 13.1. The average Bonchev–Trinajstić information content (AvgIpc) is 3.40. The minimum absolute atomic E-state index is 0.293. The third-order valence-corrected chi connectivity index (χ3v) is 6.43. The fourth-order valence-corrected chi connectivity index (χ4v) is 4.77. The largest absolute Gasteiger partial charge is 0.317 e. The molecule has 3 heteroatoms. The number of rotatable bonds is 1. The maximum Gasteiger partial charge on any atom is 0.230 e. The van der Waals surface area contributed by atoms with Crippen LogP contribution in [0.1, 0.15) is 37.7 Å². The molecule has 1 amide bonds. The quantitative estimate of drug-likeness (QED) is 0.858. The Morgan fingerprint density at radius 2 is 1.90 bits per heavy atom. The van der Waals surface area contributed by atoms with Crippen molar-refractivity contribution in [3.05, 3.63) is 29.8 Å². The Morgan fingerprint density at radius 1 is 1.14 bits per heavy atom. The number of nitrogens with one attached hydrogen (secondary N) is 1. The van der Waals surface area contributed by atoms with E-state index in [4.69, 9.17) is 0 Å². The molecule has 0 radical (unpaired) electrons. The van der Waals surface area contributed by atoms with Gasteiger partial charge >= 0.3 is 0 Å². The van der Waals surface area contributed by atoms with Gasteiger partial charge in [0.25, 0.3) is 0 Å². The van der Waals surface area contributed by atoms with Gasteiger partial charge in [0.1, 0.15) is 0 Å². The van der Waals surface area contributed by atoms with E-state index in [0.29, 0.717) is 22.7 Å². The van der Waals surface area contributed by atoms with Crippen LogP contribution in [0.25, 0.3) is 0 Å².